The number of para-hydroxylation sites is 1. The maximum atomic E-state index is 12.7. The van der Waals surface area contributed by atoms with E-state index in [0.29, 0.717) is 11.4 Å². The molecule has 4 rings (SSSR count). The molecule has 1 atom stereocenters. The minimum Gasteiger partial charge on any atom is -0.493 e. The van der Waals surface area contributed by atoms with E-state index in [-0.39, 0.29) is 18.1 Å². The molecule has 1 fully saturated rings. The SMILES string of the molecule is COc1cc(C(C)NC(=O)c2ccn(-c3ccccc3)n2)ccc1OC1CCCC1. The quantitative estimate of drug-likeness (QED) is 0.619. The third-order valence-electron chi connectivity index (χ3n) is 5.47. The lowest BCUT2D eigenvalue weighted by Gasteiger charge is -2.19. The van der Waals surface area contributed by atoms with Gasteiger partial charge in [0, 0.05) is 6.20 Å². The van der Waals surface area contributed by atoms with Gasteiger partial charge in [0.15, 0.2) is 17.2 Å². The molecule has 1 N–H and O–H groups in total. The third-order valence-corrected chi connectivity index (χ3v) is 5.47. The maximum absolute atomic E-state index is 12.7. The second kappa shape index (κ2) is 9.03. The van der Waals surface area contributed by atoms with Crippen molar-refractivity contribution < 1.29 is 14.3 Å². The van der Waals surface area contributed by atoms with Gasteiger partial charge in [-0.15, -0.1) is 0 Å². The van der Waals surface area contributed by atoms with Crippen molar-refractivity contribution in [3.63, 3.8) is 0 Å². The fraction of sp³-hybridized carbons (Fsp3) is 0.333. The standard InChI is InChI=1S/C24H27N3O3/c1-17(18-12-13-22(23(16-18)29-2)30-20-10-6-7-11-20)25-24(28)21-14-15-27(26-21)19-8-4-3-5-9-19/h3-5,8-9,12-17,20H,6-7,10-11H2,1-2H3,(H,25,28). The molecule has 1 amide bonds. The van der Waals surface area contributed by atoms with Gasteiger partial charge in [-0.05, 0) is 68.5 Å². The second-order valence-electron chi connectivity index (χ2n) is 7.61. The number of aromatic nitrogens is 2. The zero-order valence-electron chi connectivity index (χ0n) is 17.4. The number of rotatable bonds is 7. The summed E-state index contributed by atoms with van der Waals surface area (Å²) in [4.78, 5) is 12.7. The molecule has 30 heavy (non-hydrogen) atoms. The van der Waals surface area contributed by atoms with Gasteiger partial charge in [0.05, 0.1) is 24.9 Å². The number of nitrogens with one attached hydrogen (secondary N) is 1. The minimum absolute atomic E-state index is 0.200. The number of benzene rings is 2. The first-order valence-corrected chi connectivity index (χ1v) is 10.4. The number of ether oxygens (including phenoxy) is 2. The lowest BCUT2D eigenvalue weighted by Crippen LogP contribution is -2.27. The van der Waals surface area contributed by atoms with Crippen LogP contribution >= 0.6 is 0 Å². The molecule has 2 aromatic carbocycles. The summed E-state index contributed by atoms with van der Waals surface area (Å²) < 4.78 is 13.3. The van der Waals surface area contributed by atoms with Gasteiger partial charge in [-0.1, -0.05) is 24.3 Å². The van der Waals surface area contributed by atoms with E-state index in [1.165, 1.54) is 12.8 Å². The van der Waals surface area contributed by atoms with Gasteiger partial charge in [0.25, 0.3) is 5.91 Å². The first-order chi connectivity index (χ1) is 14.6. The zero-order valence-corrected chi connectivity index (χ0v) is 17.4. The van der Waals surface area contributed by atoms with Crippen LogP contribution in [0.1, 0.15) is 54.7 Å². The average Bonchev–Trinajstić information content (AvgIpc) is 3.47. The summed E-state index contributed by atoms with van der Waals surface area (Å²) in [6.07, 6.45) is 6.66. The molecule has 0 radical (unpaired) electrons. The van der Waals surface area contributed by atoms with Gasteiger partial charge in [0.1, 0.15) is 0 Å². The number of hydrogen-bond donors (Lipinski definition) is 1. The summed E-state index contributed by atoms with van der Waals surface area (Å²) in [7, 11) is 1.64. The van der Waals surface area contributed by atoms with Crippen molar-refractivity contribution in [2.75, 3.05) is 7.11 Å². The molecule has 1 aliphatic carbocycles. The Morgan fingerprint density at radius 3 is 2.60 bits per heavy atom. The first kappa shape index (κ1) is 20.0. The van der Waals surface area contributed by atoms with Crippen LogP contribution in [0.3, 0.4) is 0 Å². The summed E-state index contributed by atoms with van der Waals surface area (Å²) in [6, 6.07) is 17.1. The van der Waals surface area contributed by atoms with Crippen LogP contribution in [0.15, 0.2) is 60.8 Å². The van der Waals surface area contributed by atoms with E-state index in [9.17, 15) is 4.79 Å². The highest BCUT2D eigenvalue weighted by Gasteiger charge is 2.20. The number of amides is 1. The lowest BCUT2D eigenvalue weighted by atomic mass is 10.1. The monoisotopic (exact) mass is 405 g/mol. The minimum atomic E-state index is -0.220. The Balaban J connectivity index is 1.43. The molecule has 1 heterocycles. The molecule has 1 saturated carbocycles. The maximum Gasteiger partial charge on any atom is 0.272 e. The van der Waals surface area contributed by atoms with Crippen LogP contribution < -0.4 is 14.8 Å². The molecular weight excluding hydrogens is 378 g/mol. The van der Waals surface area contributed by atoms with Crippen LogP contribution in [-0.4, -0.2) is 28.9 Å². The van der Waals surface area contributed by atoms with E-state index < -0.39 is 0 Å². The van der Waals surface area contributed by atoms with Gasteiger partial charge >= 0.3 is 0 Å². The van der Waals surface area contributed by atoms with E-state index in [1.54, 1.807) is 24.1 Å². The largest absolute Gasteiger partial charge is 0.493 e. The molecule has 1 aromatic heterocycles. The molecule has 0 aliphatic heterocycles. The fourth-order valence-corrected chi connectivity index (χ4v) is 3.76. The van der Waals surface area contributed by atoms with Gasteiger partial charge in [-0.3, -0.25) is 4.79 Å². The van der Waals surface area contributed by atoms with Crippen LogP contribution in [0.25, 0.3) is 5.69 Å². The van der Waals surface area contributed by atoms with Crippen LogP contribution in [-0.2, 0) is 0 Å². The molecule has 0 spiro atoms. The molecule has 156 valence electrons. The Hall–Kier alpha value is -3.28. The summed E-state index contributed by atoms with van der Waals surface area (Å²) >= 11 is 0. The number of nitrogens with zero attached hydrogens (tertiary/aromatic N) is 2. The van der Waals surface area contributed by atoms with Gasteiger partial charge in [-0.25, -0.2) is 4.68 Å². The van der Waals surface area contributed by atoms with E-state index in [4.69, 9.17) is 9.47 Å². The Labute approximate surface area is 176 Å². The van der Waals surface area contributed by atoms with Crippen molar-refractivity contribution in [3.8, 4) is 17.2 Å². The molecule has 0 saturated heterocycles. The Morgan fingerprint density at radius 2 is 1.87 bits per heavy atom. The molecular formula is C24H27N3O3. The number of carbonyl (C=O) groups excluding carboxylic acids is 1. The van der Waals surface area contributed by atoms with E-state index in [0.717, 1.165) is 29.8 Å². The Morgan fingerprint density at radius 1 is 1.10 bits per heavy atom. The van der Waals surface area contributed by atoms with E-state index >= 15 is 0 Å². The Bertz CT molecular complexity index is 994. The van der Waals surface area contributed by atoms with Crippen molar-refractivity contribution in [1.82, 2.24) is 15.1 Å². The lowest BCUT2D eigenvalue weighted by molar-refractivity contribution is 0.0934. The number of methoxy groups -OCH3 is 1. The van der Waals surface area contributed by atoms with Crippen LogP contribution in [0, 0.1) is 0 Å². The molecule has 1 aliphatic rings. The van der Waals surface area contributed by atoms with Crippen molar-refractivity contribution >= 4 is 5.91 Å². The van der Waals surface area contributed by atoms with Crippen LogP contribution in [0.4, 0.5) is 0 Å². The highest BCUT2D eigenvalue weighted by molar-refractivity contribution is 5.92. The van der Waals surface area contributed by atoms with Crippen LogP contribution in [0.5, 0.6) is 11.5 Å². The predicted octanol–water partition coefficient (Wildman–Crippen LogP) is 4.69. The Kier molecular flexibility index (Phi) is 6.02. The van der Waals surface area contributed by atoms with Gasteiger partial charge in [-0.2, -0.15) is 5.10 Å². The second-order valence-corrected chi connectivity index (χ2v) is 7.61. The summed E-state index contributed by atoms with van der Waals surface area (Å²) in [5, 5.41) is 7.40. The number of hydrogen-bond acceptors (Lipinski definition) is 4. The van der Waals surface area contributed by atoms with E-state index in [1.807, 2.05) is 55.5 Å². The van der Waals surface area contributed by atoms with Crippen molar-refractivity contribution in [2.24, 2.45) is 0 Å². The highest BCUT2D eigenvalue weighted by Crippen LogP contribution is 2.33. The summed E-state index contributed by atoms with van der Waals surface area (Å²) in [5.74, 6) is 1.23. The molecule has 3 aromatic rings. The van der Waals surface area contributed by atoms with Crippen molar-refractivity contribution in [3.05, 3.63) is 72.1 Å². The smallest absolute Gasteiger partial charge is 0.272 e. The van der Waals surface area contributed by atoms with Crippen molar-refractivity contribution in [2.45, 2.75) is 44.8 Å². The molecule has 1 unspecified atom stereocenters. The molecule has 6 nitrogen and oxygen atoms in total. The average molecular weight is 405 g/mol. The molecule has 6 heteroatoms. The fourth-order valence-electron chi connectivity index (χ4n) is 3.76. The molecule has 0 bridgehead atoms. The topological polar surface area (TPSA) is 65.4 Å². The first-order valence-electron chi connectivity index (χ1n) is 10.4. The normalized spacial score (nSPS) is 15.0. The zero-order chi connectivity index (χ0) is 20.9. The summed E-state index contributed by atoms with van der Waals surface area (Å²) in [5.41, 5.74) is 2.23. The summed E-state index contributed by atoms with van der Waals surface area (Å²) in [6.45, 7) is 1.94. The third kappa shape index (κ3) is 4.48. The van der Waals surface area contributed by atoms with Crippen LogP contribution in [0.2, 0.25) is 0 Å². The van der Waals surface area contributed by atoms with Crippen molar-refractivity contribution in [1.29, 1.82) is 0 Å². The van der Waals surface area contributed by atoms with Gasteiger partial charge in [0.2, 0.25) is 0 Å². The highest BCUT2D eigenvalue weighted by atomic mass is 16.5. The van der Waals surface area contributed by atoms with E-state index in [2.05, 4.69) is 10.4 Å². The van der Waals surface area contributed by atoms with Gasteiger partial charge < -0.3 is 14.8 Å². The predicted molar refractivity (Wildman–Crippen MR) is 115 cm³/mol. The number of carbonyl (C=O) groups is 1.